The van der Waals surface area contributed by atoms with Gasteiger partial charge < -0.3 is 10.0 Å². The molecule has 0 radical (unpaired) electrons. The van der Waals surface area contributed by atoms with E-state index in [0.717, 1.165) is 30.5 Å². The van der Waals surface area contributed by atoms with Crippen molar-refractivity contribution in [1.29, 1.82) is 0 Å². The van der Waals surface area contributed by atoms with Crippen LogP contribution in [-0.4, -0.2) is 34.3 Å². The highest BCUT2D eigenvalue weighted by atomic mass is 16.3. The van der Waals surface area contributed by atoms with Crippen molar-refractivity contribution in [2.75, 3.05) is 18.0 Å². The van der Waals surface area contributed by atoms with Gasteiger partial charge in [-0.05, 0) is 25.3 Å². The molecule has 1 aliphatic rings. The first-order chi connectivity index (χ1) is 9.72. The highest BCUT2D eigenvalue weighted by Gasteiger charge is 2.19. The van der Waals surface area contributed by atoms with Gasteiger partial charge >= 0.3 is 0 Å². The zero-order valence-corrected chi connectivity index (χ0v) is 11.7. The molecular formula is C16H19N3O. The monoisotopic (exact) mass is 269 g/mol. The van der Waals surface area contributed by atoms with E-state index < -0.39 is 0 Å². The summed E-state index contributed by atoms with van der Waals surface area (Å²) in [5.41, 5.74) is 3.39. The van der Waals surface area contributed by atoms with Crippen LogP contribution in [0, 0.1) is 6.92 Å². The Balaban J connectivity index is 1.78. The highest BCUT2D eigenvalue weighted by Crippen LogP contribution is 2.21. The van der Waals surface area contributed by atoms with Crippen LogP contribution in [0.3, 0.4) is 0 Å². The fraction of sp³-hybridized carbons (Fsp3) is 0.375. The molecule has 0 spiro atoms. The molecule has 2 aromatic rings. The van der Waals surface area contributed by atoms with Crippen LogP contribution in [0.2, 0.25) is 0 Å². The van der Waals surface area contributed by atoms with Gasteiger partial charge in [-0.3, -0.25) is 0 Å². The van der Waals surface area contributed by atoms with Gasteiger partial charge in [-0.2, -0.15) is 0 Å². The van der Waals surface area contributed by atoms with Crippen LogP contribution in [0.5, 0.6) is 0 Å². The maximum Gasteiger partial charge on any atom is 0.225 e. The molecule has 0 amide bonds. The third-order valence-electron chi connectivity index (χ3n) is 3.70. The molecule has 4 nitrogen and oxygen atoms in total. The van der Waals surface area contributed by atoms with Gasteiger partial charge in [0.2, 0.25) is 5.95 Å². The zero-order valence-electron chi connectivity index (χ0n) is 11.7. The Morgan fingerprint density at radius 2 is 1.80 bits per heavy atom. The second kappa shape index (κ2) is 5.59. The fourth-order valence-electron chi connectivity index (χ4n) is 2.52. The summed E-state index contributed by atoms with van der Waals surface area (Å²) in [7, 11) is 0. The SMILES string of the molecule is Cc1ccc(-c2cnc(N3CCCC(O)C3)nc2)cc1. The Morgan fingerprint density at radius 3 is 2.45 bits per heavy atom. The Morgan fingerprint density at radius 1 is 1.10 bits per heavy atom. The molecule has 1 N–H and O–H groups in total. The maximum absolute atomic E-state index is 9.70. The van der Waals surface area contributed by atoms with Crippen LogP contribution in [0.25, 0.3) is 11.1 Å². The largest absolute Gasteiger partial charge is 0.391 e. The van der Waals surface area contributed by atoms with Crippen molar-refractivity contribution in [3.8, 4) is 11.1 Å². The third kappa shape index (κ3) is 2.80. The van der Waals surface area contributed by atoms with Gasteiger partial charge in [0, 0.05) is 31.0 Å². The first-order valence-corrected chi connectivity index (χ1v) is 7.04. The number of aromatic nitrogens is 2. The normalized spacial score (nSPS) is 19.1. The molecule has 0 saturated carbocycles. The van der Waals surface area contributed by atoms with Gasteiger partial charge in [0.05, 0.1) is 6.10 Å². The summed E-state index contributed by atoms with van der Waals surface area (Å²) >= 11 is 0. The molecule has 1 unspecified atom stereocenters. The van der Waals surface area contributed by atoms with Crippen molar-refractivity contribution in [3.05, 3.63) is 42.2 Å². The summed E-state index contributed by atoms with van der Waals surface area (Å²) in [4.78, 5) is 10.9. The summed E-state index contributed by atoms with van der Waals surface area (Å²) in [6, 6.07) is 8.34. The molecule has 0 aliphatic carbocycles. The minimum absolute atomic E-state index is 0.260. The Bertz CT molecular complexity index is 565. The van der Waals surface area contributed by atoms with Crippen molar-refractivity contribution in [2.45, 2.75) is 25.9 Å². The predicted octanol–water partition coefficient (Wildman–Crippen LogP) is 2.41. The number of β-amino-alcohol motifs (C(OH)–C–C–N with tert-alkyl or cyclic N) is 1. The minimum Gasteiger partial charge on any atom is -0.391 e. The van der Waals surface area contributed by atoms with Crippen molar-refractivity contribution < 1.29 is 5.11 Å². The van der Waals surface area contributed by atoms with Crippen molar-refractivity contribution in [2.24, 2.45) is 0 Å². The number of benzene rings is 1. The van der Waals surface area contributed by atoms with Crippen molar-refractivity contribution >= 4 is 5.95 Å². The van der Waals surface area contributed by atoms with Gasteiger partial charge in [0.25, 0.3) is 0 Å². The summed E-state index contributed by atoms with van der Waals surface area (Å²) in [5.74, 6) is 0.708. The lowest BCUT2D eigenvalue weighted by Gasteiger charge is -2.29. The highest BCUT2D eigenvalue weighted by molar-refractivity contribution is 5.62. The average molecular weight is 269 g/mol. The molecular weight excluding hydrogens is 250 g/mol. The summed E-state index contributed by atoms with van der Waals surface area (Å²) in [5, 5.41) is 9.70. The topological polar surface area (TPSA) is 49.2 Å². The minimum atomic E-state index is -0.260. The first kappa shape index (κ1) is 13.1. The van der Waals surface area contributed by atoms with Gasteiger partial charge in [-0.1, -0.05) is 29.8 Å². The lowest BCUT2D eigenvalue weighted by molar-refractivity contribution is 0.153. The maximum atomic E-state index is 9.70. The van der Waals surface area contributed by atoms with E-state index in [1.54, 1.807) is 0 Å². The smallest absolute Gasteiger partial charge is 0.225 e. The molecule has 20 heavy (non-hydrogen) atoms. The molecule has 3 rings (SSSR count). The van der Waals surface area contributed by atoms with Gasteiger partial charge in [-0.25, -0.2) is 9.97 Å². The van der Waals surface area contributed by atoms with E-state index in [0.29, 0.717) is 12.5 Å². The van der Waals surface area contributed by atoms with E-state index in [9.17, 15) is 5.11 Å². The number of piperidine rings is 1. The number of rotatable bonds is 2. The first-order valence-electron chi connectivity index (χ1n) is 7.04. The van der Waals surface area contributed by atoms with E-state index in [2.05, 4.69) is 41.2 Å². The number of nitrogens with zero attached hydrogens (tertiary/aromatic N) is 3. The third-order valence-corrected chi connectivity index (χ3v) is 3.70. The number of anilines is 1. The second-order valence-corrected chi connectivity index (χ2v) is 5.38. The Labute approximate surface area is 119 Å². The molecule has 0 bridgehead atoms. The van der Waals surface area contributed by atoms with Crippen LogP contribution in [0.1, 0.15) is 18.4 Å². The number of aryl methyl sites for hydroxylation is 1. The van der Waals surface area contributed by atoms with Crippen LogP contribution in [0.15, 0.2) is 36.7 Å². The van der Waals surface area contributed by atoms with Crippen molar-refractivity contribution in [1.82, 2.24) is 9.97 Å². The van der Waals surface area contributed by atoms with E-state index in [1.165, 1.54) is 5.56 Å². The number of hydrogen-bond acceptors (Lipinski definition) is 4. The van der Waals surface area contributed by atoms with Gasteiger partial charge in [-0.15, -0.1) is 0 Å². The number of aliphatic hydroxyl groups is 1. The lowest BCUT2D eigenvalue weighted by atomic mass is 10.1. The molecule has 104 valence electrons. The lowest BCUT2D eigenvalue weighted by Crippen LogP contribution is -2.39. The fourth-order valence-corrected chi connectivity index (χ4v) is 2.52. The summed E-state index contributed by atoms with van der Waals surface area (Å²) in [6.45, 7) is 3.62. The molecule has 1 fully saturated rings. The van der Waals surface area contributed by atoms with E-state index in [4.69, 9.17) is 0 Å². The predicted molar refractivity (Wildman–Crippen MR) is 79.7 cm³/mol. The standard InChI is InChI=1S/C16H19N3O/c1-12-4-6-13(7-5-12)14-9-17-16(18-10-14)19-8-2-3-15(20)11-19/h4-7,9-10,15,20H,2-3,8,11H2,1H3. The molecule has 1 saturated heterocycles. The van der Waals surface area contributed by atoms with E-state index in [-0.39, 0.29) is 6.10 Å². The molecule has 1 atom stereocenters. The number of hydrogen-bond donors (Lipinski definition) is 1. The Kier molecular flexibility index (Phi) is 3.65. The van der Waals surface area contributed by atoms with Crippen LogP contribution in [-0.2, 0) is 0 Å². The van der Waals surface area contributed by atoms with Crippen LogP contribution >= 0.6 is 0 Å². The number of aliphatic hydroxyl groups excluding tert-OH is 1. The quantitative estimate of drug-likeness (QED) is 0.909. The zero-order chi connectivity index (χ0) is 13.9. The van der Waals surface area contributed by atoms with Gasteiger partial charge in [0.15, 0.2) is 0 Å². The molecule has 1 aromatic carbocycles. The van der Waals surface area contributed by atoms with Gasteiger partial charge in [0.1, 0.15) is 0 Å². The van der Waals surface area contributed by atoms with E-state index >= 15 is 0 Å². The molecule has 1 aromatic heterocycles. The van der Waals surface area contributed by atoms with Crippen LogP contribution < -0.4 is 4.90 Å². The summed E-state index contributed by atoms with van der Waals surface area (Å²) in [6.07, 6.45) is 5.31. The second-order valence-electron chi connectivity index (χ2n) is 5.38. The average Bonchev–Trinajstić information content (AvgIpc) is 2.48. The van der Waals surface area contributed by atoms with Crippen LogP contribution in [0.4, 0.5) is 5.95 Å². The Hall–Kier alpha value is -1.94. The molecule has 1 aliphatic heterocycles. The van der Waals surface area contributed by atoms with Crippen molar-refractivity contribution in [3.63, 3.8) is 0 Å². The molecule has 4 heteroatoms. The molecule has 2 heterocycles. The van der Waals surface area contributed by atoms with E-state index in [1.807, 2.05) is 17.3 Å². The summed E-state index contributed by atoms with van der Waals surface area (Å²) < 4.78 is 0.